The number of benzene rings is 3. The first-order valence-electron chi connectivity index (χ1n) is 10.2. The van der Waals surface area contributed by atoms with Crippen LogP contribution in [0.2, 0.25) is 5.02 Å². The highest BCUT2D eigenvalue weighted by Gasteiger charge is 2.20. The standard InChI is InChI=1S/C25H18ClF2N3O4/c26-18-9-17(25(32)33)22(11-21(18)30)35-24-20(28)10-19(27)23(31-24)34-16-6-2-5-15(8-16)14-4-1-3-13(7-14)12-29/h1-11H,12,29-30H2,(H,32,33). The Balaban J connectivity index is 1.66. The number of nitrogen functional groups attached to an aromatic ring is 1. The van der Waals surface area contributed by atoms with Crippen molar-refractivity contribution in [3.8, 4) is 34.4 Å². The Morgan fingerprint density at radius 1 is 0.943 bits per heavy atom. The van der Waals surface area contributed by atoms with E-state index in [1.807, 2.05) is 30.3 Å². The van der Waals surface area contributed by atoms with Crippen molar-refractivity contribution in [2.45, 2.75) is 6.54 Å². The molecule has 3 aromatic carbocycles. The van der Waals surface area contributed by atoms with E-state index in [2.05, 4.69) is 4.98 Å². The Morgan fingerprint density at radius 3 is 2.29 bits per heavy atom. The van der Waals surface area contributed by atoms with Crippen molar-refractivity contribution < 1.29 is 28.2 Å². The molecule has 0 saturated carbocycles. The molecule has 0 spiro atoms. The summed E-state index contributed by atoms with van der Waals surface area (Å²) in [4.78, 5) is 15.3. The second-order valence-electron chi connectivity index (χ2n) is 7.37. The fourth-order valence-corrected chi connectivity index (χ4v) is 3.39. The summed E-state index contributed by atoms with van der Waals surface area (Å²) in [7, 11) is 0. The molecule has 35 heavy (non-hydrogen) atoms. The number of pyridine rings is 1. The molecule has 0 aliphatic rings. The number of carbonyl (C=O) groups is 1. The molecule has 0 aliphatic carbocycles. The van der Waals surface area contributed by atoms with Crippen LogP contribution in [-0.4, -0.2) is 16.1 Å². The molecule has 10 heteroatoms. The lowest BCUT2D eigenvalue weighted by molar-refractivity contribution is 0.0694. The number of nitrogens with two attached hydrogens (primary N) is 2. The first-order valence-corrected chi connectivity index (χ1v) is 10.6. The summed E-state index contributed by atoms with van der Waals surface area (Å²) in [6.07, 6.45) is 0. The van der Waals surface area contributed by atoms with Gasteiger partial charge in [-0.25, -0.2) is 13.6 Å². The zero-order valence-electron chi connectivity index (χ0n) is 18.0. The number of nitrogens with zero attached hydrogens (tertiary/aromatic N) is 1. The number of ether oxygens (including phenoxy) is 2. The lowest BCUT2D eigenvalue weighted by Gasteiger charge is -2.13. The molecule has 4 aromatic rings. The second kappa shape index (κ2) is 9.96. The van der Waals surface area contributed by atoms with Gasteiger partial charge in [-0.3, -0.25) is 0 Å². The molecule has 0 atom stereocenters. The minimum absolute atomic E-state index is 0.00109. The van der Waals surface area contributed by atoms with E-state index in [1.54, 1.807) is 18.2 Å². The van der Waals surface area contributed by atoms with Crippen LogP contribution < -0.4 is 20.9 Å². The first-order chi connectivity index (χ1) is 16.7. The SMILES string of the molecule is NCc1cccc(-c2cccc(Oc3nc(Oc4cc(N)c(Cl)cc4C(=O)O)c(F)cc3F)c2)c1. The van der Waals surface area contributed by atoms with E-state index in [-0.39, 0.29) is 27.8 Å². The lowest BCUT2D eigenvalue weighted by atomic mass is 10.0. The van der Waals surface area contributed by atoms with Crippen LogP contribution in [0.4, 0.5) is 14.5 Å². The number of aromatic nitrogens is 1. The van der Waals surface area contributed by atoms with E-state index in [4.69, 9.17) is 32.5 Å². The van der Waals surface area contributed by atoms with Crippen molar-refractivity contribution in [1.82, 2.24) is 4.98 Å². The summed E-state index contributed by atoms with van der Waals surface area (Å²) in [5.41, 5.74) is 13.6. The van der Waals surface area contributed by atoms with E-state index in [0.717, 1.165) is 28.8 Å². The Morgan fingerprint density at radius 2 is 1.60 bits per heavy atom. The molecule has 0 aliphatic heterocycles. The number of hydrogen-bond acceptors (Lipinski definition) is 6. The monoisotopic (exact) mass is 497 g/mol. The van der Waals surface area contributed by atoms with Gasteiger partial charge in [0, 0.05) is 18.7 Å². The molecule has 0 saturated heterocycles. The van der Waals surface area contributed by atoms with Gasteiger partial charge in [-0.1, -0.05) is 41.9 Å². The summed E-state index contributed by atoms with van der Waals surface area (Å²) in [5.74, 6) is -5.04. The van der Waals surface area contributed by atoms with Gasteiger partial charge in [-0.2, -0.15) is 4.98 Å². The van der Waals surface area contributed by atoms with Crippen LogP contribution in [0.3, 0.4) is 0 Å². The van der Waals surface area contributed by atoms with Crippen molar-refractivity contribution in [3.05, 3.63) is 94.5 Å². The van der Waals surface area contributed by atoms with Crippen molar-refractivity contribution in [3.63, 3.8) is 0 Å². The van der Waals surface area contributed by atoms with Gasteiger partial charge in [0.1, 0.15) is 17.1 Å². The molecular formula is C25H18ClF2N3O4. The molecule has 1 heterocycles. The Hall–Kier alpha value is -4.21. The van der Waals surface area contributed by atoms with Gasteiger partial charge < -0.3 is 26.0 Å². The largest absolute Gasteiger partial charge is 0.478 e. The summed E-state index contributed by atoms with van der Waals surface area (Å²) in [6, 6.07) is 17.0. The number of anilines is 1. The highest BCUT2D eigenvalue weighted by molar-refractivity contribution is 6.33. The van der Waals surface area contributed by atoms with Crippen molar-refractivity contribution in [1.29, 1.82) is 0 Å². The average molecular weight is 498 g/mol. The van der Waals surface area contributed by atoms with E-state index in [9.17, 15) is 18.7 Å². The number of aromatic carboxylic acids is 1. The molecule has 7 nitrogen and oxygen atoms in total. The van der Waals surface area contributed by atoms with Crippen molar-refractivity contribution in [2.24, 2.45) is 5.73 Å². The van der Waals surface area contributed by atoms with Gasteiger partial charge >= 0.3 is 5.97 Å². The summed E-state index contributed by atoms with van der Waals surface area (Å²) in [5, 5.41) is 9.36. The third-order valence-corrected chi connectivity index (χ3v) is 5.27. The average Bonchev–Trinajstić information content (AvgIpc) is 2.84. The van der Waals surface area contributed by atoms with Crippen LogP contribution >= 0.6 is 11.6 Å². The Labute approximate surface area is 203 Å². The molecule has 5 N–H and O–H groups in total. The minimum atomic E-state index is -1.39. The zero-order valence-corrected chi connectivity index (χ0v) is 18.7. The van der Waals surface area contributed by atoms with Gasteiger partial charge in [-0.15, -0.1) is 0 Å². The fourth-order valence-electron chi connectivity index (χ4n) is 3.23. The van der Waals surface area contributed by atoms with Gasteiger partial charge in [0.2, 0.25) is 0 Å². The summed E-state index contributed by atoms with van der Waals surface area (Å²) >= 11 is 5.86. The molecule has 0 fully saturated rings. The van der Waals surface area contributed by atoms with Crippen LogP contribution in [0.1, 0.15) is 15.9 Å². The van der Waals surface area contributed by atoms with Gasteiger partial charge in [0.25, 0.3) is 11.8 Å². The molecule has 0 bridgehead atoms. The van der Waals surface area contributed by atoms with Crippen LogP contribution in [0, 0.1) is 11.6 Å². The molecule has 0 radical (unpaired) electrons. The highest BCUT2D eigenvalue weighted by Crippen LogP contribution is 2.35. The molecule has 0 unspecified atom stereocenters. The van der Waals surface area contributed by atoms with Crippen LogP contribution in [0.5, 0.6) is 23.3 Å². The number of halogens is 3. The van der Waals surface area contributed by atoms with Gasteiger partial charge in [0.05, 0.1) is 10.7 Å². The van der Waals surface area contributed by atoms with Gasteiger partial charge in [-0.05, 0) is 41.0 Å². The van der Waals surface area contributed by atoms with E-state index < -0.39 is 29.4 Å². The number of carboxylic acid groups (broad SMARTS) is 1. The first kappa shape index (κ1) is 23.9. The second-order valence-corrected chi connectivity index (χ2v) is 7.78. The highest BCUT2D eigenvalue weighted by atomic mass is 35.5. The zero-order chi connectivity index (χ0) is 25.1. The van der Waals surface area contributed by atoms with E-state index in [1.165, 1.54) is 0 Å². The Bertz CT molecular complexity index is 1430. The molecule has 0 amide bonds. The maximum absolute atomic E-state index is 14.5. The van der Waals surface area contributed by atoms with Crippen LogP contribution in [0.15, 0.2) is 66.7 Å². The normalized spacial score (nSPS) is 10.7. The number of carboxylic acids is 1. The maximum atomic E-state index is 14.5. The summed E-state index contributed by atoms with van der Waals surface area (Å²) in [6.45, 7) is 0.375. The summed E-state index contributed by atoms with van der Waals surface area (Å²) < 4.78 is 39.8. The molecule has 1 aromatic heterocycles. The smallest absolute Gasteiger partial charge is 0.339 e. The maximum Gasteiger partial charge on any atom is 0.339 e. The molecule has 178 valence electrons. The number of rotatable bonds is 7. The fraction of sp³-hybridized carbons (Fsp3) is 0.0400. The predicted molar refractivity (Wildman–Crippen MR) is 127 cm³/mol. The molecule has 4 rings (SSSR count). The van der Waals surface area contributed by atoms with Crippen LogP contribution in [-0.2, 0) is 6.54 Å². The van der Waals surface area contributed by atoms with Crippen LogP contribution in [0.25, 0.3) is 11.1 Å². The third kappa shape index (κ3) is 5.32. The van der Waals surface area contributed by atoms with E-state index >= 15 is 0 Å². The quantitative estimate of drug-likeness (QED) is 0.267. The minimum Gasteiger partial charge on any atom is -0.478 e. The predicted octanol–water partition coefficient (Wildman–Crippen LogP) is 6.00. The molecular weight excluding hydrogens is 480 g/mol. The lowest BCUT2D eigenvalue weighted by Crippen LogP contribution is -2.04. The number of hydrogen-bond donors (Lipinski definition) is 3. The Kier molecular flexibility index (Phi) is 6.81. The van der Waals surface area contributed by atoms with Gasteiger partial charge in [0.15, 0.2) is 11.6 Å². The van der Waals surface area contributed by atoms with E-state index in [0.29, 0.717) is 12.6 Å². The third-order valence-electron chi connectivity index (χ3n) is 4.95. The van der Waals surface area contributed by atoms with Crippen molar-refractivity contribution in [2.75, 3.05) is 5.73 Å². The topological polar surface area (TPSA) is 121 Å². The van der Waals surface area contributed by atoms with Crippen molar-refractivity contribution >= 4 is 23.3 Å².